The first-order valence-corrected chi connectivity index (χ1v) is 6.61. The average Bonchev–Trinajstić information content (AvgIpc) is 2.39. The van der Waals surface area contributed by atoms with Gasteiger partial charge in [0.15, 0.2) is 0 Å². The van der Waals surface area contributed by atoms with Gasteiger partial charge in [-0.25, -0.2) is 0 Å². The van der Waals surface area contributed by atoms with Gasteiger partial charge in [-0.2, -0.15) is 0 Å². The molecule has 0 atom stereocenters. The number of hydrogen-bond donors (Lipinski definition) is 2. The summed E-state index contributed by atoms with van der Waals surface area (Å²) in [4.78, 5) is 15.1. The zero-order chi connectivity index (χ0) is 12.5. The van der Waals surface area contributed by atoms with E-state index in [1.807, 2.05) is 24.3 Å². The second-order valence-corrected chi connectivity index (χ2v) is 5.25. The van der Waals surface area contributed by atoms with Crippen molar-refractivity contribution in [2.24, 2.45) is 5.73 Å². The average molecular weight is 242 g/mol. The molecular weight excluding hydrogens is 224 g/mol. The van der Waals surface area contributed by atoms with Gasteiger partial charge >= 0.3 is 0 Å². The fourth-order valence-electron chi connectivity index (χ4n) is 2.90. The molecule has 0 unspecified atom stereocenters. The van der Waals surface area contributed by atoms with Crippen molar-refractivity contribution in [2.45, 2.75) is 37.6 Å². The van der Waals surface area contributed by atoms with Crippen LogP contribution < -0.4 is 11.3 Å². The zero-order valence-corrected chi connectivity index (χ0v) is 10.4. The molecule has 1 aliphatic carbocycles. The molecule has 0 aliphatic heterocycles. The van der Waals surface area contributed by atoms with E-state index in [2.05, 4.69) is 11.1 Å². The fraction of sp³-hybridized carbons (Fsp3) is 0.400. The second kappa shape index (κ2) is 4.58. The van der Waals surface area contributed by atoms with Crippen LogP contribution >= 0.6 is 0 Å². The van der Waals surface area contributed by atoms with Crippen LogP contribution in [-0.2, 0) is 0 Å². The summed E-state index contributed by atoms with van der Waals surface area (Å²) in [6, 6.07) is 10.3. The molecule has 18 heavy (non-hydrogen) atoms. The number of hydrogen-bond acceptors (Lipinski definition) is 2. The number of para-hydroxylation sites is 1. The number of H-pyrrole nitrogens is 1. The van der Waals surface area contributed by atoms with E-state index < -0.39 is 0 Å². The summed E-state index contributed by atoms with van der Waals surface area (Å²) in [6.45, 7) is 0. The Labute approximate surface area is 106 Å². The van der Waals surface area contributed by atoms with Crippen molar-refractivity contribution in [3.8, 4) is 0 Å². The molecule has 94 valence electrons. The van der Waals surface area contributed by atoms with E-state index in [0.29, 0.717) is 12.0 Å². The first-order valence-electron chi connectivity index (χ1n) is 6.61. The highest BCUT2D eigenvalue weighted by Crippen LogP contribution is 2.31. The Morgan fingerprint density at radius 2 is 1.83 bits per heavy atom. The van der Waals surface area contributed by atoms with Crippen LogP contribution in [0.3, 0.4) is 0 Å². The minimum Gasteiger partial charge on any atom is -0.328 e. The molecule has 1 aliphatic rings. The van der Waals surface area contributed by atoms with Crippen LogP contribution in [0.1, 0.15) is 37.2 Å². The van der Waals surface area contributed by atoms with E-state index in [9.17, 15) is 4.79 Å². The molecule has 0 spiro atoms. The van der Waals surface area contributed by atoms with E-state index in [1.54, 1.807) is 0 Å². The van der Waals surface area contributed by atoms with Crippen molar-refractivity contribution in [1.82, 2.24) is 4.98 Å². The third kappa shape index (κ3) is 2.06. The van der Waals surface area contributed by atoms with Gasteiger partial charge in [0.25, 0.3) is 5.56 Å². The van der Waals surface area contributed by atoms with E-state index in [1.165, 1.54) is 0 Å². The largest absolute Gasteiger partial charge is 0.328 e. The lowest BCUT2D eigenvalue weighted by molar-refractivity contribution is 0.394. The predicted molar refractivity (Wildman–Crippen MR) is 73.8 cm³/mol. The SMILES string of the molecule is NC1CCC(c2cc3ccccc3[nH]c2=O)CC1. The number of benzene rings is 1. The van der Waals surface area contributed by atoms with Crippen LogP contribution in [-0.4, -0.2) is 11.0 Å². The quantitative estimate of drug-likeness (QED) is 0.807. The maximum Gasteiger partial charge on any atom is 0.251 e. The fourth-order valence-corrected chi connectivity index (χ4v) is 2.90. The van der Waals surface area contributed by atoms with Crippen molar-refractivity contribution in [2.75, 3.05) is 0 Å². The van der Waals surface area contributed by atoms with Gasteiger partial charge in [-0.1, -0.05) is 18.2 Å². The van der Waals surface area contributed by atoms with Gasteiger partial charge in [0.05, 0.1) is 0 Å². The van der Waals surface area contributed by atoms with Crippen LogP contribution in [0.5, 0.6) is 0 Å². The minimum absolute atomic E-state index is 0.0640. The van der Waals surface area contributed by atoms with Gasteiger partial charge in [0.1, 0.15) is 0 Å². The molecule has 3 nitrogen and oxygen atoms in total. The second-order valence-electron chi connectivity index (χ2n) is 5.25. The molecule has 1 fully saturated rings. The lowest BCUT2D eigenvalue weighted by Gasteiger charge is -2.25. The van der Waals surface area contributed by atoms with E-state index in [0.717, 1.165) is 42.1 Å². The Hall–Kier alpha value is -1.61. The standard InChI is InChI=1S/C15H18N2O/c16-12-7-5-10(6-8-12)13-9-11-3-1-2-4-14(11)17-15(13)18/h1-4,9-10,12H,5-8,16H2,(H,17,18). The minimum atomic E-state index is 0.0640. The number of nitrogens with two attached hydrogens (primary N) is 1. The molecule has 0 saturated heterocycles. The number of rotatable bonds is 1. The zero-order valence-electron chi connectivity index (χ0n) is 10.4. The van der Waals surface area contributed by atoms with Crippen LogP contribution in [0.4, 0.5) is 0 Å². The normalized spacial score (nSPS) is 24.3. The monoisotopic (exact) mass is 242 g/mol. The number of fused-ring (bicyclic) bond motifs is 1. The highest BCUT2D eigenvalue weighted by molar-refractivity contribution is 5.78. The molecule has 3 N–H and O–H groups in total. The number of aromatic amines is 1. The summed E-state index contributed by atoms with van der Waals surface area (Å²) in [6.07, 6.45) is 4.11. The molecule has 0 amide bonds. The molecule has 3 rings (SSSR count). The Kier molecular flexibility index (Phi) is 2.92. The molecule has 2 aromatic rings. The maximum absolute atomic E-state index is 12.1. The molecule has 1 saturated carbocycles. The lowest BCUT2D eigenvalue weighted by Crippen LogP contribution is -2.28. The van der Waals surface area contributed by atoms with Crippen molar-refractivity contribution < 1.29 is 0 Å². The van der Waals surface area contributed by atoms with Crippen molar-refractivity contribution in [3.05, 3.63) is 46.2 Å². The van der Waals surface area contributed by atoms with Gasteiger partial charge in [-0.15, -0.1) is 0 Å². The van der Waals surface area contributed by atoms with Gasteiger partial charge in [-0.05, 0) is 49.1 Å². The molecule has 0 radical (unpaired) electrons. The highest BCUT2D eigenvalue weighted by Gasteiger charge is 2.22. The van der Waals surface area contributed by atoms with Gasteiger partial charge in [0, 0.05) is 17.1 Å². The van der Waals surface area contributed by atoms with Gasteiger partial charge in [0.2, 0.25) is 0 Å². The van der Waals surface area contributed by atoms with E-state index in [-0.39, 0.29) is 5.56 Å². The number of aromatic nitrogens is 1. The van der Waals surface area contributed by atoms with Gasteiger partial charge in [-0.3, -0.25) is 4.79 Å². The van der Waals surface area contributed by atoms with Crippen molar-refractivity contribution >= 4 is 10.9 Å². The van der Waals surface area contributed by atoms with Crippen LogP contribution in [0.25, 0.3) is 10.9 Å². The molecular formula is C15H18N2O. The molecule has 3 heteroatoms. The third-order valence-corrected chi connectivity index (χ3v) is 3.99. The molecule has 1 aromatic carbocycles. The Morgan fingerprint density at radius 1 is 1.11 bits per heavy atom. The van der Waals surface area contributed by atoms with E-state index in [4.69, 9.17) is 5.73 Å². The summed E-state index contributed by atoms with van der Waals surface area (Å²) in [7, 11) is 0. The summed E-state index contributed by atoms with van der Waals surface area (Å²) in [5.74, 6) is 0.373. The first kappa shape index (κ1) is 11.5. The summed E-state index contributed by atoms with van der Waals surface area (Å²) < 4.78 is 0. The maximum atomic E-state index is 12.1. The third-order valence-electron chi connectivity index (χ3n) is 3.99. The lowest BCUT2D eigenvalue weighted by atomic mass is 9.82. The highest BCUT2D eigenvalue weighted by atomic mass is 16.1. The molecule has 1 heterocycles. The molecule has 0 bridgehead atoms. The Morgan fingerprint density at radius 3 is 2.61 bits per heavy atom. The molecule has 1 aromatic heterocycles. The summed E-state index contributed by atoms with van der Waals surface area (Å²) >= 11 is 0. The van der Waals surface area contributed by atoms with Crippen molar-refractivity contribution in [1.29, 1.82) is 0 Å². The Balaban J connectivity index is 2.01. The van der Waals surface area contributed by atoms with E-state index >= 15 is 0 Å². The van der Waals surface area contributed by atoms with Gasteiger partial charge < -0.3 is 10.7 Å². The summed E-state index contributed by atoms with van der Waals surface area (Å²) in [5.41, 5.74) is 7.83. The van der Waals surface area contributed by atoms with Crippen LogP contribution in [0.2, 0.25) is 0 Å². The smallest absolute Gasteiger partial charge is 0.251 e. The predicted octanol–water partition coefficient (Wildman–Crippen LogP) is 2.51. The van der Waals surface area contributed by atoms with Crippen LogP contribution in [0.15, 0.2) is 35.1 Å². The Bertz CT molecular complexity index is 609. The van der Waals surface area contributed by atoms with Crippen molar-refractivity contribution in [3.63, 3.8) is 0 Å². The summed E-state index contributed by atoms with van der Waals surface area (Å²) in [5, 5.41) is 1.11. The topological polar surface area (TPSA) is 58.9 Å². The first-order chi connectivity index (χ1) is 8.74. The number of pyridine rings is 1. The van der Waals surface area contributed by atoms with Crippen LogP contribution in [0, 0.1) is 0 Å². The number of nitrogens with one attached hydrogen (secondary N) is 1.